The second kappa shape index (κ2) is 9.58. The minimum Gasteiger partial charge on any atom is -0.355 e. The largest absolute Gasteiger partial charge is 0.355 e. The molecule has 5 aromatic rings. The predicted molar refractivity (Wildman–Crippen MR) is 143 cm³/mol. The van der Waals surface area contributed by atoms with E-state index in [2.05, 4.69) is 40.3 Å². The number of anilines is 2. The number of nitrogens with one attached hydrogen (secondary N) is 3. The third kappa shape index (κ3) is 4.60. The predicted octanol–water partition coefficient (Wildman–Crippen LogP) is 3.45. The van der Waals surface area contributed by atoms with E-state index in [1.807, 2.05) is 43.4 Å². The van der Waals surface area contributed by atoms with Gasteiger partial charge in [-0.1, -0.05) is 0 Å². The van der Waals surface area contributed by atoms with E-state index in [4.69, 9.17) is 4.98 Å². The van der Waals surface area contributed by atoms with E-state index in [-0.39, 0.29) is 5.91 Å². The molecule has 0 bridgehead atoms. The molecule has 1 amide bonds. The van der Waals surface area contributed by atoms with Gasteiger partial charge >= 0.3 is 0 Å². The molecule has 6 rings (SSSR count). The Morgan fingerprint density at radius 2 is 1.92 bits per heavy atom. The first-order chi connectivity index (χ1) is 18.0. The van der Waals surface area contributed by atoms with Crippen LogP contribution in [0.2, 0.25) is 0 Å². The zero-order chi connectivity index (χ0) is 25.4. The molecule has 1 aliphatic rings. The molecule has 0 atom stereocenters. The van der Waals surface area contributed by atoms with Crippen LogP contribution in [0.15, 0.2) is 43.0 Å². The van der Waals surface area contributed by atoms with E-state index in [9.17, 15) is 4.79 Å². The Kier molecular flexibility index (Phi) is 5.97. The molecule has 5 aromatic heterocycles. The normalized spacial score (nSPS) is 14.1. The number of amides is 1. The number of hydrogen-bond donors (Lipinski definition) is 3. The van der Waals surface area contributed by atoms with Gasteiger partial charge in [0.25, 0.3) is 0 Å². The average molecular weight is 497 g/mol. The maximum absolute atomic E-state index is 12.2. The molecule has 11 nitrogen and oxygen atoms in total. The van der Waals surface area contributed by atoms with Crippen LogP contribution < -0.4 is 10.2 Å². The van der Waals surface area contributed by atoms with Crippen LogP contribution in [-0.2, 0) is 4.79 Å². The van der Waals surface area contributed by atoms with Crippen molar-refractivity contribution in [2.45, 2.75) is 19.3 Å². The van der Waals surface area contributed by atoms with Crippen LogP contribution in [0.3, 0.4) is 0 Å². The lowest BCUT2D eigenvalue weighted by Gasteiger charge is -2.27. The van der Waals surface area contributed by atoms with Crippen molar-refractivity contribution in [1.29, 1.82) is 0 Å². The van der Waals surface area contributed by atoms with E-state index in [1.165, 1.54) is 19.3 Å². The van der Waals surface area contributed by atoms with Gasteiger partial charge in [-0.15, -0.1) is 0 Å². The number of carbonyl (C=O) groups is 1. The summed E-state index contributed by atoms with van der Waals surface area (Å²) in [6.45, 7) is 2.29. The lowest BCUT2D eigenvalue weighted by Crippen LogP contribution is -2.30. The summed E-state index contributed by atoms with van der Waals surface area (Å²) in [6.07, 6.45) is 10.6. The zero-order valence-electron chi connectivity index (χ0n) is 20.8. The second-order valence-corrected chi connectivity index (χ2v) is 9.60. The van der Waals surface area contributed by atoms with E-state index in [0.29, 0.717) is 29.4 Å². The fraction of sp³-hybridized carbons (Fsp3) is 0.308. The molecule has 1 fully saturated rings. The lowest BCUT2D eigenvalue weighted by atomic mass is 10.1. The van der Waals surface area contributed by atoms with Gasteiger partial charge in [-0.2, -0.15) is 5.10 Å². The molecule has 0 unspecified atom stereocenters. The van der Waals surface area contributed by atoms with Gasteiger partial charge in [0.1, 0.15) is 11.2 Å². The molecular formula is C26H28N10O. The van der Waals surface area contributed by atoms with Gasteiger partial charge in [-0.05, 0) is 51.6 Å². The number of H-pyrrole nitrogens is 2. The van der Waals surface area contributed by atoms with Crippen LogP contribution in [0.5, 0.6) is 0 Å². The third-order valence-corrected chi connectivity index (χ3v) is 6.49. The summed E-state index contributed by atoms with van der Waals surface area (Å²) in [5, 5.41) is 11.3. The minimum atomic E-state index is -0.0991. The Labute approximate surface area is 213 Å². The minimum absolute atomic E-state index is 0.0991. The molecule has 37 heavy (non-hydrogen) atoms. The highest BCUT2D eigenvalue weighted by atomic mass is 16.2. The van der Waals surface area contributed by atoms with Crippen LogP contribution in [-0.4, -0.2) is 79.7 Å². The van der Waals surface area contributed by atoms with Crippen LogP contribution in [0, 0.1) is 0 Å². The summed E-state index contributed by atoms with van der Waals surface area (Å²) >= 11 is 0. The molecule has 0 aromatic carbocycles. The standard InChI is InChI=1S/C26H28N10O/c1-35(2)15-21(37)30-18-10-16(12-27-14-18)17-11-19-22(33-34-24(19)29-13-17)25-31-20-6-7-28-26(23(20)32-25)36-8-4-3-5-9-36/h6-7,10-14H,3-5,8-9,15H2,1-2H3,(H,30,37)(H,31,32)(H,29,33,34). The number of likely N-dealkylation sites (N-methyl/N-ethyl adjacent to an activating group) is 1. The van der Waals surface area contributed by atoms with Crippen molar-refractivity contribution in [2.75, 3.05) is 43.9 Å². The van der Waals surface area contributed by atoms with Crippen molar-refractivity contribution in [3.05, 3.63) is 43.0 Å². The Hall–Kier alpha value is -4.38. The van der Waals surface area contributed by atoms with Gasteiger partial charge < -0.3 is 20.1 Å². The zero-order valence-corrected chi connectivity index (χ0v) is 20.8. The summed E-state index contributed by atoms with van der Waals surface area (Å²) in [5.41, 5.74) is 5.46. The van der Waals surface area contributed by atoms with E-state index < -0.39 is 0 Å². The molecule has 0 aliphatic carbocycles. The number of nitrogens with zero attached hydrogens (tertiary/aromatic N) is 7. The van der Waals surface area contributed by atoms with Crippen molar-refractivity contribution in [2.24, 2.45) is 0 Å². The van der Waals surface area contributed by atoms with Crippen LogP contribution in [0.25, 0.3) is 44.7 Å². The molecule has 6 heterocycles. The quantitative estimate of drug-likeness (QED) is 0.326. The van der Waals surface area contributed by atoms with Gasteiger partial charge in [0.05, 0.1) is 29.3 Å². The first kappa shape index (κ1) is 23.0. The second-order valence-electron chi connectivity index (χ2n) is 9.60. The van der Waals surface area contributed by atoms with Gasteiger partial charge in [-0.25, -0.2) is 15.0 Å². The number of aromatic amines is 2. The van der Waals surface area contributed by atoms with Crippen LogP contribution in [0.4, 0.5) is 11.5 Å². The van der Waals surface area contributed by atoms with E-state index in [1.54, 1.807) is 18.6 Å². The summed E-state index contributed by atoms with van der Waals surface area (Å²) < 4.78 is 0. The van der Waals surface area contributed by atoms with Gasteiger partial charge in [-0.3, -0.25) is 14.9 Å². The number of hydrogen-bond acceptors (Lipinski definition) is 8. The number of pyridine rings is 3. The molecule has 1 aliphatic heterocycles. The SMILES string of the molecule is CN(C)CC(=O)Nc1cncc(-c2cnc3[nH]nc(-c4nc5c(N6CCCCC6)nccc5[nH]4)c3c2)c1. The highest BCUT2D eigenvalue weighted by molar-refractivity contribution is 5.96. The lowest BCUT2D eigenvalue weighted by molar-refractivity contribution is -0.116. The maximum atomic E-state index is 12.2. The van der Waals surface area contributed by atoms with Gasteiger partial charge in [0, 0.05) is 42.8 Å². The number of aromatic nitrogens is 7. The number of rotatable bonds is 6. The van der Waals surface area contributed by atoms with E-state index >= 15 is 0 Å². The molecule has 0 saturated carbocycles. The third-order valence-electron chi connectivity index (χ3n) is 6.49. The molecule has 188 valence electrons. The van der Waals surface area contributed by atoms with Gasteiger partial charge in [0.15, 0.2) is 17.3 Å². The molecule has 11 heteroatoms. The van der Waals surface area contributed by atoms with Crippen molar-refractivity contribution in [1.82, 2.24) is 40.0 Å². The number of imidazole rings is 1. The Morgan fingerprint density at radius 3 is 2.76 bits per heavy atom. The summed E-state index contributed by atoms with van der Waals surface area (Å²) in [6, 6.07) is 5.85. The number of fused-ring (bicyclic) bond motifs is 2. The van der Waals surface area contributed by atoms with Gasteiger partial charge in [0.2, 0.25) is 5.91 Å². The summed E-state index contributed by atoms with van der Waals surface area (Å²) in [5.74, 6) is 1.48. The summed E-state index contributed by atoms with van der Waals surface area (Å²) in [7, 11) is 3.70. The Bertz CT molecular complexity index is 1580. The first-order valence-corrected chi connectivity index (χ1v) is 12.4. The summed E-state index contributed by atoms with van der Waals surface area (Å²) in [4.78, 5) is 38.2. The van der Waals surface area contributed by atoms with E-state index in [0.717, 1.165) is 46.5 Å². The highest BCUT2D eigenvalue weighted by Crippen LogP contribution is 2.32. The van der Waals surface area contributed by atoms with Crippen molar-refractivity contribution in [3.8, 4) is 22.6 Å². The van der Waals surface area contributed by atoms with Crippen LogP contribution >= 0.6 is 0 Å². The smallest absolute Gasteiger partial charge is 0.238 e. The van der Waals surface area contributed by atoms with Crippen molar-refractivity contribution in [3.63, 3.8) is 0 Å². The van der Waals surface area contributed by atoms with Crippen molar-refractivity contribution >= 4 is 39.5 Å². The molecule has 3 N–H and O–H groups in total. The van der Waals surface area contributed by atoms with Crippen molar-refractivity contribution < 1.29 is 4.79 Å². The van der Waals surface area contributed by atoms with Crippen LogP contribution in [0.1, 0.15) is 19.3 Å². The molecule has 1 saturated heterocycles. The first-order valence-electron chi connectivity index (χ1n) is 12.4. The number of carbonyl (C=O) groups excluding carboxylic acids is 1. The molecular weight excluding hydrogens is 468 g/mol. The Morgan fingerprint density at radius 1 is 1.08 bits per heavy atom. The molecule has 0 spiro atoms. The fourth-order valence-electron chi connectivity index (χ4n) is 4.77. The molecule has 0 radical (unpaired) electrons. The maximum Gasteiger partial charge on any atom is 0.238 e. The highest BCUT2D eigenvalue weighted by Gasteiger charge is 2.20. The topological polar surface area (TPSA) is 132 Å². The number of piperidine rings is 1. The Balaban J connectivity index is 1.35. The average Bonchev–Trinajstić information content (AvgIpc) is 3.52. The fourth-order valence-corrected chi connectivity index (χ4v) is 4.77. The monoisotopic (exact) mass is 496 g/mol.